The number of nitriles is 1. The molecule has 0 saturated heterocycles. The molecule has 0 N–H and O–H groups in total. The van der Waals surface area contributed by atoms with Crippen molar-refractivity contribution in [2.45, 2.75) is 26.2 Å². The smallest absolute Gasteiger partial charge is 0.222 e. The molecule has 13 heavy (non-hydrogen) atoms. The summed E-state index contributed by atoms with van der Waals surface area (Å²) in [6, 6.07) is 2.02. The summed E-state index contributed by atoms with van der Waals surface area (Å²) in [6.45, 7) is 3.12. The number of carbonyl (C=O) groups is 1. The Bertz CT molecular complexity index is 189. The molecule has 0 unspecified atom stereocenters. The normalized spacial score (nSPS) is 9.31. The van der Waals surface area contributed by atoms with Gasteiger partial charge in [-0.15, -0.1) is 11.6 Å². The van der Waals surface area contributed by atoms with E-state index < -0.39 is 0 Å². The van der Waals surface area contributed by atoms with E-state index in [4.69, 9.17) is 16.9 Å². The van der Waals surface area contributed by atoms with E-state index in [1.807, 2.05) is 13.0 Å². The van der Waals surface area contributed by atoms with Gasteiger partial charge in [-0.2, -0.15) is 5.26 Å². The SMILES string of the molecule is CCN(CCC#N)C(=O)CCCCl. The second-order valence-electron chi connectivity index (χ2n) is 2.67. The summed E-state index contributed by atoms with van der Waals surface area (Å²) in [6.07, 6.45) is 1.60. The molecule has 0 fully saturated rings. The van der Waals surface area contributed by atoms with E-state index >= 15 is 0 Å². The molecule has 74 valence electrons. The minimum Gasteiger partial charge on any atom is -0.342 e. The van der Waals surface area contributed by atoms with Gasteiger partial charge in [-0.05, 0) is 13.3 Å². The third kappa shape index (κ3) is 5.48. The highest BCUT2D eigenvalue weighted by molar-refractivity contribution is 6.17. The number of carbonyl (C=O) groups excluding carboxylic acids is 1. The third-order valence-corrected chi connectivity index (χ3v) is 2.02. The topological polar surface area (TPSA) is 44.1 Å². The van der Waals surface area contributed by atoms with E-state index in [0.29, 0.717) is 38.2 Å². The van der Waals surface area contributed by atoms with Gasteiger partial charge in [0.25, 0.3) is 0 Å². The van der Waals surface area contributed by atoms with Gasteiger partial charge in [0.05, 0.1) is 12.5 Å². The van der Waals surface area contributed by atoms with Crippen LogP contribution in [-0.4, -0.2) is 29.8 Å². The van der Waals surface area contributed by atoms with Crippen LogP contribution in [0, 0.1) is 11.3 Å². The third-order valence-electron chi connectivity index (χ3n) is 1.75. The summed E-state index contributed by atoms with van der Waals surface area (Å²) in [5, 5.41) is 8.36. The molecule has 0 bridgehead atoms. The highest BCUT2D eigenvalue weighted by Crippen LogP contribution is 2.00. The molecule has 0 aliphatic rings. The van der Waals surface area contributed by atoms with Crippen LogP contribution < -0.4 is 0 Å². The molecule has 0 rings (SSSR count). The Morgan fingerprint density at radius 2 is 2.31 bits per heavy atom. The predicted octanol–water partition coefficient (Wildman–Crippen LogP) is 1.77. The highest BCUT2D eigenvalue weighted by atomic mass is 35.5. The summed E-state index contributed by atoms with van der Waals surface area (Å²) >= 11 is 5.47. The molecule has 0 heterocycles. The Balaban J connectivity index is 3.79. The zero-order valence-electron chi connectivity index (χ0n) is 7.92. The van der Waals surface area contributed by atoms with Gasteiger partial charge in [0.2, 0.25) is 5.91 Å². The Kier molecular flexibility index (Phi) is 7.42. The van der Waals surface area contributed by atoms with Crippen molar-refractivity contribution in [1.29, 1.82) is 5.26 Å². The van der Waals surface area contributed by atoms with Crippen molar-refractivity contribution in [3.8, 4) is 6.07 Å². The van der Waals surface area contributed by atoms with Crippen molar-refractivity contribution in [3.63, 3.8) is 0 Å². The van der Waals surface area contributed by atoms with E-state index in [1.165, 1.54) is 0 Å². The van der Waals surface area contributed by atoms with Gasteiger partial charge in [-0.25, -0.2) is 0 Å². The minimum absolute atomic E-state index is 0.0957. The van der Waals surface area contributed by atoms with Crippen LogP contribution in [0.1, 0.15) is 26.2 Å². The van der Waals surface area contributed by atoms with Crippen LogP contribution in [0.15, 0.2) is 0 Å². The van der Waals surface area contributed by atoms with Crippen molar-refractivity contribution in [2.24, 2.45) is 0 Å². The van der Waals surface area contributed by atoms with Crippen LogP contribution in [0.3, 0.4) is 0 Å². The molecule has 0 aliphatic heterocycles. The Hall–Kier alpha value is -0.750. The first-order chi connectivity index (χ1) is 6.26. The number of halogens is 1. The van der Waals surface area contributed by atoms with Crippen LogP contribution in [0.5, 0.6) is 0 Å². The molecule has 3 nitrogen and oxygen atoms in total. The summed E-state index contributed by atoms with van der Waals surface area (Å²) in [5.41, 5.74) is 0. The molecule has 0 saturated carbocycles. The fourth-order valence-corrected chi connectivity index (χ4v) is 1.15. The van der Waals surface area contributed by atoms with Gasteiger partial charge in [0.1, 0.15) is 0 Å². The molecule has 0 radical (unpaired) electrons. The van der Waals surface area contributed by atoms with E-state index in [2.05, 4.69) is 0 Å². The second kappa shape index (κ2) is 7.88. The van der Waals surface area contributed by atoms with Crippen LogP contribution >= 0.6 is 11.6 Å². The van der Waals surface area contributed by atoms with Crippen molar-refractivity contribution in [3.05, 3.63) is 0 Å². The molecular weight excluding hydrogens is 188 g/mol. The van der Waals surface area contributed by atoms with E-state index in [9.17, 15) is 4.79 Å². The van der Waals surface area contributed by atoms with Gasteiger partial charge in [-0.3, -0.25) is 4.79 Å². The van der Waals surface area contributed by atoms with Gasteiger partial charge >= 0.3 is 0 Å². The van der Waals surface area contributed by atoms with Crippen molar-refractivity contribution >= 4 is 17.5 Å². The lowest BCUT2D eigenvalue weighted by Crippen LogP contribution is -2.31. The molecule has 0 aromatic rings. The predicted molar refractivity (Wildman–Crippen MR) is 52.4 cm³/mol. The zero-order chi connectivity index (χ0) is 10.1. The Labute approximate surface area is 84.3 Å². The molecule has 4 heteroatoms. The quantitative estimate of drug-likeness (QED) is 0.617. The van der Waals surface area contributed by atoms with E-state index in [-0.39, 0.29) is 5.91 Å². The highest BCUT2D eigenvalue weighted by Gasteiger charge is 2.09. The second-order valence-corrected chi connectivity index (χ2v) is 3.05. The number of alkyl halides is 1. The minimum atomic E-state index is 0.0957. The van der Waals surface area contributed by atoms with Crippen LogP contribution in [0.25, 0.3) is 0 Å². The van der Waals surface area contributed by atoms with Crippen molar-refractivity contribution in [1.82, 2.24) is 4.90 Å². The average Bonchev–Trinajstić information content (AvgIpc) is 2.16. The van der Waals surface area contributed by atoms with Crippen LogP contribution in [-0.2, 0) is 4.79 Å². The zero-order valence-corrected chi connectivity index (χ0v) is 8.68. The summed E-state index contributed by atoms with van der Waals surface area (Å²) in [5.74, 6) is 0.611. The van der Waals surface area contributed by atoms with E-state index in [0.717, 1.165) is 0 Å². The largest absolute Gasteiger partial charge is 0.342 e. The Morgan fingerprint density at radius 3 is 2.77 bits per heavy atom. The summed E-state index contributed by atoms with van der Waals surface area (Å²) < 4.78 is 0. The number of hydrogen-bond donors (Lipinski definition) is 0. The number of nitrogens with zero attached hydrogens (tertiary/aromatic N) is 2. The van der Waals surface area contributed by atoms with E-state index in [1.54, 1.807) is 4.90 Å². The van der Waals surface area contributed by atoms with Gasteiger partial charge in [-0.1, -0.05) is 0 Å². The molecule has 0 aliphatic carbocycles. The van der Waals surface area contributed by atoms with Crippen molar-refractivity contribution in [2.75, 3.05) is 19.0 Å². The fourth-order valence-electron chi connectivity index (χ4n) is 1.02. The molecule has 0 atom stereocenters. The first-order valence-electron chi connectivity index (χ1n) is 4.47. The Morgan fingerprint density at radius 1 is 1.62 bits per heavy atom. The van der Waals surface area contributed by atoms with Crippen molar-refractivity contribution < 1.29 is 4.79 Å². The van der Waals surface area contributed by atoms with Crippen LogP contribution in [0.2, 0.25) is 0 Å². The van der Waals surface area contributed by atoms with Gasteiger partial charge in [0, 0.05) is 25.4 Å². The maximum atomic E-state index is 11.4. The summed E-state index contributed by atoms with van der Waals surface area (Å²) in [7, 11) is 0. The number of amides is 1. The maximum Gasteiger partial charge on any atom is 0.222 e. The standard InChI is InChI=1S/C9H15ClN2O/c1-2-12(8-4-7-11)9(13)5-3-6-10/h2-6,8H2,1H3. The molecular formula is C9H15ClN2O. The number of hydrogen-bond acceptors (Lipinski definition) is 2. The monoisotopic (exact) mass is 202 g/mol. The number of rotatable bonds is 6. The first kappa shape index (κ1) is 12.2. The molecule has 0 spiro atoms. The van der Waals surface area contributed by atoms with Gasteiger partial charge in [0.15, 0.2) is 0 Å². The molecule has 0 aromatic heterocycles. The lowest BCUT2D eigenvalue weighted by molar-refractivity contribution is -0.130. The summed E-state index contributed by atoms with van der Waals surface area (Å²) in [4.78, 5) is 13.1. The first-order valence-corrected chi connectivity index (χ1v) is 5.00. The average molecular weight is 203 g/mol. The lowest BCUT2D eigenvalue weighted by Gasteiger charge is -2.18. The fraction of sp³-hybridized carbons (Fsp3) is 0.778. The lowest BCUT2D eigenvalue weighted by atomic mass is 10.3. The molecule has 1 amide bonds. The maximum absolute atomic E-state index is 11.4. The van der Waals surface area contributed by atoms with Gasteiger partial charge < -0.3 is 4.90 Å². The molecule has 0 aromatic carbocycles. The van der Waals surface area contributed by atoms with Crippen LogP contribution in [0.4, 0.5) is 0 Å².